The predicted octanol–water partition coefficient (Wildman–Crippen LogP) is 0.692. The van der Waals surface area contributed by atoms with Gasteiger partial charge in [0, 0.05) is 6.54 Å². The fraction of sp³-hybridized carbons (Fsp3) is 0.571. The first kappa shape index (κ1) is 13.2. The van der Waals surface area contributed by atoms with E-state index in [0.29, 0.717) is 24.8 Å². The Hall–Kier alpha value is -1.82. The number of aliphatic carboxylic acids is 1. The van der Waals surface area contributed by atoms with Gasteiger partial charge in [0.05, 0.1) is 24.8 Å². The van der Waals surface area contributed by atoms with Crippen molar-refractivity contribution < 1.29 is 19.1 Å². The molecule has 1 aliphatic heterocycles. The number of carboxylic acids is 1. The lowest BCUT2D eigenvalue weighted by atomic mass is 9.97. The van der Waals surface area contributed by atoms with E-state index in [-0.39, 0.29) is 12.5 Å². The van der Waals surface area contributed by atoms with Crippen molar-refractivity contribution in [3.8, 4) is 0 Å². The molecule has 1 aliphatic carbocycles. The second kappa shape index (κ2) is 4.94. The third-order valence-corrected chi connectivity index (χ3v) is 4.36. The number of fused-ring (bicyclic) bond motifs is 1. The number of hydrogen-bond acceptors (Lipinski definition) is 4. The van der Waals surface area contributed by atoms with Gasteiger partial charge in [-0.2, -0.15) is 0 Å². The number of hydrogen-bond donors (Lipinski definition) is 2. The van der Waals surface area contributed by atoms with E-state index in [4.69, 9.17) is 4.42 Å². The van der Waals surface area contributed by atoms with E-state index in [2.05, 4.69) is 5.32 Å². The first-order valence-electron chi connectivity index (χ1n) is 6.85. The van der Waals surface area contributed by atoms with Crippen LogP contribution in [0.15, 0.2) is 22.8 Å². The molecule has 2 atom stereocenters. The summed E-state index contributed by atoms with van der Waals surface area (Å²) in [5, 5.41) is 12.1. The van der Waals surface area contributed by atoms with Crippen molar-refractivity contribution in [3.63, 3.8) is 0 Å². The highest BCUT2D eigenvalue weighted by Crippen LogP contribution is 2.57. The Labute approximate surface area is 116 Å². The van der Waals surface area contributed by atoms with Crippen molar-refractivity contribution >= 4 is 11.9 Å². The lowest BCUT2D eigenvalue weighted by Crippen LogP contribution is -2.45. The first-order chi connectivity index (χ1) is 9.60. The van der Waals surface area contributed by atoms with Crippen molar-refractivity contribution in [1.29, 1.82) is 0 Å². The zero-order valence-corrected chi connectivity index (χ0v) is 11.2. The Morgan fingerprint density at radius 2 is 2.40 bits per heavy atom. The number of piperidine rings is 1. The molecule has 3 rings (SSSR count). The molecule has 1 saturated carbocycles. The molecule has 108 valence electrons. The number of carbonyl (C=O) groups excluding carboxylic acids is 1. The molecule has 2 aliphatic rings. The number of furan rings is 1. The van der Waals surface area contributed by atoms with Gasteiger partial charge in [-0.05, 0) is 37.4 Å². The molecule has 2 N–H and O–H groups in total. The predicted molar refractivity (Wildman–Crippen MR) is 69.8 cm³/mol. The summed E-state index contributed by atoms with van der Waals surface area (Å²) >= 11 is 0. The molecule has 2 fully saturated rings. The number of likely N-dealkylation sites (tertiary alicyclic amines) is 1. The molecule has 1 saturated heterocycles. The van der Waals surface area contributed by atoms with Crippen LogP contribution in [0.2, 0.25) is 0 Å². The maximum Gasteiger partial charge on any atom is 0.311 e. The molecule has 1 aromatic heterocycles. The Balaban J connectivity index is 1.48. The summed E-state index contributed by atoms with van der Waals surface area (Å²) < 4.78 is 5.14. The van der Waals surface area contributed by atoms with Gasteiger partial charge in [0.25, 0.3) is 0 Å². The zero-order chi connectivity index (χ0) is 14.2. The molecule has 0 bridgehead atoms. The topological polar surface area (TPSA) is 82.8 Å². The molecule has 0 spiro atoms. The van der Waals surface area contributed by atoms with Crippen molar-refractivity contribution in [1.82, 2.24) is 10.2 Å². The maximum absolute atomic E-state index is 11.9. The van der Waals surface area contributed by atoms with Crippen molar-refractivity contribution in [2.24, 2.45) is 11.3 Å². The van der Waals surface area contributed by atoms with Crippen LogP contribution in [-0.4, -0.2) is 41.5 Å². The number of rotatable bonds is 5. The third kappa shape index (κ3) is 2.43. The summed E-state index contributed by atoms with van der Waals surface area (Å²) in [4.78, 5) is 25.1. The summed E-state index contributed by atoms with van der Waals surface area (Å²) in [6.07, 6.45) is 3.20. The Morgan fingerprint density at radius 3 is 3.10 bits per heavy atom. The fourth-order valence-corrected chi connectivity index (χ4v) is 3.09. The van der Waals surface area contributed by atoms with E-state index in [1.807, 2.05) is 4.90 Å². The van der Waals surface area contributed by atoms with Gasteiger partial charge in [0.1, 0.15) is 5.76 Å². The van der Waals surface area contributed by atoms with Crippen LogP contribution in [0.1, 0.15) is 18.6 Å². The third-order valence-electron chi connectivity index (χ3n) is 4.36. The summed E-state index contributed by atoms with van der Waals surface area (Å²) in [5.74, 6) is 0.202. The standard InChI is InChI=1S/C14H18N2O4/c17-12(15-7-11-2-1-5-20-11)8-16-4-3-10-6-14(10,9-16)13(18)19/h1-2,5,10H,3-4,6-9H2,(H,15,17)(H,18,19). The number of nitrogens with one attached hydrogen (secondary N) is 1. The molecule has 1 aromatic rings. The highest BCUT2D eigenvalue weighted by atomic mass is 16.4. The summed E-state index contributed by atoms with van der Waals surface area (Å²) in [7, 11) is 0. The minimum absolute atomic E-state index is 0.0963. The lowest BCUT2D eigenvalue weighted by Gasteiger charge is -2.29. The molecule has 2 unspecified atom stereocenters. The minimum atomic E-state index is -0.719. The lowest BCUT2D eigenvalue weighted by molar-refractivity contribution is -0.146. The normalized spacial score (nSPS) is 28.7. The van der Waals surface area contributed by atoms with Crippen LogP contribution in [0.3, 0.4) is 0 Å². The van der Waals surface area contributed by atoms with Crippen molar-refractivity contribution in [2.45, 2.75) is 19.4 Å². The quantitative estimate of drug-likeness (QED) is 0.828. The van der Waals surface area contributed by atoms with Crippen LogP contribution in [0.5, 0.6) is 0 Å². The Kier molecular flexibility index (Phi) is 3.25. The maximum atomic E-state index is 11.9. The second-order valence-corrected chi connectivity index (χ2v) is 5.72. The van der Waals surface area contributed by atoms with E-state index in [1.165, 1.54) is 0 Å². The van der Waals surface area contributed by atoms with Gasteiger partial charge >= 0.3 is 5.97 Å². The molecule has 0 radical (unpaired) electrons. The highest BCUT2D eigenvalue weighted by molar-refractivity contribution is 5.80. The van der Waals surface area contributed by atoms with Crippen LogP contribution in [0.25, 0.3) is 0 Å². The zero-order valence-electron chi connectivity index (χ0n) is 11.2. The van der Waals surface area contributed by atoms with Crippen molar-refractivity contribution in [2.75, 3.05) is 19.6 Å². The van der Waals surface area contributed by atoms with E-state index >= 15 is 0 Å². The molecule has 2 heterocycles. The van der Waals surface area contributed by atoms with Crippen LogP contribution in [0.4, 0.5) is 0 Å². The number of nitrogens with zero attached hydrogens (tertiary/aromatic N) is 1. The minimum Gasteiger partial charge on any atom is -0.481 e. The molecule has 0 aromatic carbocycles. The summed E-state index contributed by atoms with van der Waals surface area (Å²) in [5.41, 5.74) is -0.584. The van der Waals surface area contributed by atoms with Gasteiger partial charge in [0.15, 0.2) is 0 Å². The van der Waals surface area contributed by atoms with Crippen LogP contribution in [-0.2, 0) is 16.1 Å². The van der Waals surface area contributed by atoms with E-state index < -0.39 is 11.4 Å². The second-order valence-electron chi connectivity index (χ2n) is 5.72. The fourth-order valence-electron chi connectivity index (χ4n) is 3.09. The molecule has 6 nitrogen and oxygen atoms in total. The average molecular weight is 278 g/mol. The smallest absolute Gasteiger partial charge is 0.311 e. The SMILES string of the molecule is O=C(CN1CCC2CC2(C(=O)O)C1)NCc1ccco1. The Bertz CT molecular complexity index is 513. The van der Waals surface area contributed by atoms with E-state index in [1.54, 1.807) is 18.4 Å². The average Bonchev–Trinajstić information content (AvgIpc) is 2.92. The number of carboxylic acid groups (broad SMARTS) is 1. The Morgan fingerprint density at radius 1 is 1.55 bits per heavy atom. The monoisotopic (exact) mass is 278 g/mol. The van der Waals surface area contributed by atoms with Crippen LogP contribution in [0, 0.1) is 11.3 Å². The molecule has 6 heteroatoms. The van der Waals surface area contributed by atoms with E-state index in [0.717, 1.165) is 19.4 Å². The largest absolute Gasteiger partial charge is 0.481 e. The van der Waals surface area contributed by atoms with E-state index in [9.17, 15) is 14.7 Å². The van der Waals surface area contributed by atoms with Crippen LogP contribution < -0.4 is 5.32 Å². The van der Waals surface area contributed by atoms with Crippen molar-refractivity contribution in [3.05, 3.63) is 24.2 Å². The summed E-state index contributed by atoms with van der Waals surface area (Å²) in [6.45, 7) is 1.91. The number of carbonyl (C=O) groups is 2. The molecular formula is C14H18N2O4. The highest BCUT2D eigenvalue weighted by Gasteiger charge is 2.62. The molecular weight excluding hydrogens is 260 g/mol. The van der Waals surface area contributed by atoms with Gasteiger partial charge in [-0.15, -0.1) is 0 Å². The van der Waals surface area contributed by atoms with Gasteiger partial charge < -0.3 is 14.8 Å². The number of amides is 1. The van der Waals surface area contributed by atoms with Gasteiger partial charge in [-0.3, -0.25) is 14.5 Å². The molecule has 20 heavy (non-hydrogen) atoms. The van der Waals surface area contributed by atoms with Crippen LogP contribution >= 0.6 is 0 Å². The summed E-state index contributed by atoms with van der Waals surface area (Å²) in [6, 6.07) is 3.57. The van der Waals surface area contributed by atoms with Gasteiger partial charge in [-0.25, -0.2) is 0 Å². The molecule has 1 amide bonds. The first-order valence-corrected chi connectivity index (χ1v) is 6.85. The van der Waals surface area contributed by atoms with Gasteiger partial charge in [0.2, 0.25) is 5.91 Å². The van der Waals surface area contributed by atoms with Gasteiger partial charge in [-0.1, -0.05) is 0 Å².